The summed E-state index contributed by atoms with van der Waals surface area (Å²) in [5, 5.41) is 0.315. The molecule has 9 heteroatoms. The first kappa shape index (κ1) is 19.5. The Bertz CT molecular complexity index is 746. The first-order chi connectivity index (χ1) is 11.7. The topological polar surface area (TPSA) is 78.0 Å². The number of amides is 2. The summed E-state index contributed by atoms with van der Waals surface area (Å²) in [6.07, 6.45) is 1.14. The van der Waals surface area contributed by atoms with Gasteiger partial charge in [0.25, 0.3) is 0 Å². The van der Waals surface area contributed by atoms with E-state index in [0.717, 1.165) is 10.6 Å². The van der Waals surface area contributed by atoms with Crippen LogP contribution in [0.4, 0.5) is 5.69 Å². The summed E-state index contributed by atoms with van der Waals surface area (Å²) >= 11 is 6.10. The number of anilines is 1. The minimum atomic E-state index is -3.56. The molecule has 138 valence electrons. The van der Waals surface area contributed by atoms with Crippen molar-refractivity contribution in [2.24, 2.45) is 0 Å². The minimum absolute atomic E-state index is 0.00549. The number of carbonyl (C=O) groups excluding carboxylic acids is 2. The standard InChI is InChI=1S/C16H22ClN3O4S/c1-13(21)18-9-11-19(12-10-18)16(22)7-8-20(25(2,23)24)15-6-4-3-5-14(15)17/h3-6H,7-12H2,1-2H3. The van der Waals surface area contributed by atoms with Gasteiger partial charge >= 0.3 is 0 Å². The predicted molar refractivity (Wildman–Crippen MR) is 97.1 cm³/mol. The normalized spacial score (nSPS) is 15.2. The van der Waals surface area contributed by atoms with E-state index in [1.807, 2.05) is 0 Å². The lowest BCUT2D eigenvalue weighted by Gasteiger charge is -2.34. The van der Waals surface area contributed by atoms with Gasteiger partial charge in [-0.2, -0.15) is 0 Å². The van der Waals surface area contributed by atoms with Crippen molar-refractivity contribution in [1.82, 2.24) is 9.80 Å². The molecule has 0 spiro atoms. The van der Waals surface area contributed by atoms with E-state index >= 15 is 0 Å². The fourth-order valence-electron chi connectivity index (χ4n) is 2.74. The molecular weight excluding hydrogens is 366 g/mol. The summed E-state index contributed by atoms with van der Waals surface area (Å²) in [7, 11) is -3.56. The van der Waals surface area contributed by atoms with Crippen molar-refractivity contribution in [3.05, 3.63) is 29.3 Å². The molecule has 0 bridgehead atoms. The Morgan fingerprint density at radius 3 is 2.20 bits per heavy atom. The zero-order valence-corrected chi connectivity index (χ0v) is 15.9. The minimum Gasteiger partial charge on any atom is -0.339 e. The molecule has 7 nitrogen and oxygen atoms in total. The quantitative estimate of drug-likeness (QED) is 0.760. The van der Waals surface area contributed by atoms with Crippen LogP contribution < -0.4 is 4.31 Å². The summed E-state index contributed by atoms with van der Waals surface area (Å²) in [5.74, 6) is -0.141. The van der Waals surface area contributed by atoms with Gasteiger partial charge in [0.2, 0.25) is 21.8 Å². The average molecular weight is 388 g/mol. The number of halogens is 1. The van der Waals surface area contributed by atoms with Gasteiger partial charge in [-0.25, -0.2) is 8.42 Å². The van der Waals surface area contributed by atoms with Crippen LogP contribution in [0.2, 0.25) is 5.02 Å². The van der Waals surface area contributed by atoms with Crippen molar-refractivity contribution in [3.63, 3.8) is 0 Å². The van der Waals surface area contributed by atoms with Crippen LogP contribution in [0.5, 0.6) is 0 Å². The highest BCUT2D eigenvalue weighted by molar-refractivity contribution is 7.92. The predicted octanol–water partition coefficient (Wildman–Crippen LogP) is 1.19. The Hall–Kier alpha value is -1.80. The van der Waals surface area contributed by atoms with E-state index in [4.69, 9.17) is 11.6 Å². The Balaban J connectivity index is 2.01. The first-order valence-electron chi connectivity index (χ1n) is 7.95. The molecule has 0 unspecified atom stereocenters. The van der Waals surface area contributed by atoms with Crippen LogP contribution in [0, 0.1) is 0 Å². The Morgan fingerprint density at radius 1 is 1.12 bits per heavy atom. The average Bonchev–Trinajstić information content (AvgIpc) is 2.55. The van der Waals surface area contributed by atoms with Crippen LogP contribution in [0.1, 0.15) is 13.3 Å². The molecule has 25 heavy (non-hydrogen) atoms. The van der Waals surface area contributed by atoms with Gasteiger partial charge in [-0.15, -0.1) is 0 Å². The van der Waals surface area contributed by atoms with Crippen molar-refractivity contribution in [3.8, 4) is 0 Å². The fourth-order valence-corrected chi connectivity index (χ4v) is 3.97. The lowest BCUT2D eigenvalue weighted by molar-refractivity contribution is -0.138. The largest absolute Gasteiger partial charge is 0.339 e. The molecule has 0 aromatic heterocycles. The van der Waals surface area contributed by atoms with E-state index < -0.39 is 10.0 Å². The molecule has 2 rings (SSSR count). The molecule has 0 aliphatic carbocycles. The molecule has 1 aliphatic rings. The van der Waals surface area contributed by atoms with Gasteiger partial charge in [0.1, 0.15) is 0 Å². The number of para-hydroxylation sites is 1. The third kappa shape index (κ3) is 5.09. The van der Waals surface area contributed by atoms with Crippen molar-refractivity contribution in [2.75, 3.05) is 43.3 Å². The van der Waals surface area contributed by atoms with Crippen LogP contribution in [-0.4, -0.2) is 69.0 Å². The van der Waals surface area contributed by atoms with Gasteiger partial charge < -0.3 is 9.80 Å². The second kappa shape index (κ2) is 8.05. The smallest absolute Gasteiger partial charge is 0.232 e. The maximum absolute atomic E-state index is 12.4. The second-order valence-electron chi connectivity index (χ2n) is 5.92. The Labute approximate surface area is 153 Å². The lowest BCUT2D eigenvalue weighted by atomic mass is 10.2. The Morgan fingerprint density at radius 2 is 1.68 bits per heavy atom. The van der Waals surface area contributed by atoms with Crippen molar-refractivity contribution >= 4 is 39.1 Å². The summed E-state index contributed by atoms with van der Waals surface area (Å²) in [6, 6.07) is 6.63. The molecule has 0 saturated carbocycles. The molecule has 1 heterocycles. The van der Waals surface area contributed by atoms with Crippen molar-refractivity contribution in [1.29, 1.82) is 0 Å². The third-order valence-corrected chi connectivity index (χ3v) is 5.63. The number of benzene rings is 1. The van der Waals surface area contributed by atoms with Crippen LogP contribution in [0.25, 0.3) is 0 Å². The van der Waals surface area contributed by atoms with Crippen LogP contribution in [-0.2, 0) is 19.6 Å². The number of hydrogen-bond donors (Lipinski definition) is 0. The highest BCUT2D eigenvalue weighted by atomic mass is 35.5. The van der Waals surface area contributed by atoms with Crippen molar-refractivity contribution < 1.29 is 18.0 Å². The molecular formula is C16H22ClN3O4S. The van der Waals surface area contributed by atoms with Gasteiger partial charge in [-0.3, -0.25) is 13.9 Å². The first-order valence-corrected chi connectivity index (χ1v) is 10.2. The maximum atomic E-state index is 12.4. The van der Waals surface area contributed by atoms with Gasteiger partial charge in [0, 0.05) is 46.1 Å². The van der Waals surface area contributed by atoms with E-state index in [9.17, 15) is 18.0 Å². The number of nitrogens with zero attached hydrogens (tertiary/aromatic N) is 3. The Kier molecular flexibility index (Phi) is 6.29. The molecule has 1 aliphatic heterocycles. The van der Waals surface area contributed by atoms with Crippen molar-refractivity contribution in [2.45, 2.75) is 13.3 Å². The summed E-state index contributed by atoms with van der Waals surface area (Å²) in [5.41, 5.74) is 0.362. The van der Waals surface area contributed by atoms with Crippen LogP contribution in [0.3, 0.4) is 0 Å². The third-order valence-electron chi connectivity index (χ3n) is 4.13. The summed E-state index contributed by atoms with van der Waals surface area (Å²) < 4.78 is 25.3. The van der Waals surface area contributed by atoms with E-state index in [2.05, 4.69) is 0 Å². The molecule has 1 aromatic rings. The number of hydrogen-bond acceptors (Lipinski definition) is 4. The van der Waals surface area contributed by atoms with E-state index in [-0.39, 0.29) is 24.8 Å². The second-order valence-corrected chi connectivity index (χ2v) is 8.24. The monoisotopic (exact) mass is 387 g/mol. The molecule has 2 amide bonds. The number of carbonyl (C=O) groups is 2. The van der Waals surface area contributed by atoms with Crippen LogP contribution in [0.15, 0.2) is 24.3 Å². The van der Waals surface area contributed by atoms with Gasteiger partial charge in [-0.05, 0) is 12.1 Å². The number of piperazine rings is 1. The van der Waals surface area contributed by atoms with Gasteiger partial charge in [0.15, 0.2) is 0 Å². The fraction of sp³-hybridized carbons (Fsp3) is 0.500. The lowest BCUT2D eigenvalue weighted by Crippen LogP contribution is -2.50. The number of sulfonamides is 1. The van der Waals surface area contributed by atoms with Crippen LogP contribution >= 0.6 is 11.6 Å². The molecule has 1 saturated heterocycles. The molecule has 0 atom stereocenters. The van der Waals surface area contributed by atoms with E-state index in [1.165, 1.54) is 6.92 Å². The maximum Gasteiger partial charge on any atom is 0.232 e. The zero-order valence-electron chi connectivity index (χ0n) is 14.3. The summed E-state index contributed by atoms with van der Waals surface area (Å²) in [4.78, 5) is 27.1. The summed E-state index contributed by atoms with van der Waals surface area (Å²) in [6.45, 7) is 3.45. The highest BCUT2D eigenvalue weighted by Crippen LogP contribution is 2.27. The van der Waals surface area contributed by atoms with Gasteiger partial charge in [-0.1, -0.05) is 23.7 Å². The van der Waals surface area contributed by atoms with E-state index in [0.29, 0.717) is 36.9 Å². The molecule has 0 N–H and O–H groups in total. The molecule has 1 fully saturated rings. The molecule has 0 radical (unpaired) electrons. The van der Waals surface area contributed by atoms with Gasteiger partial charge in [0.05, 0.1) is 17.0 Å². The molecule has 1 aromatic carbocycles. The SMILES string of the molecule is CC(=O)N1CCN(C(=O)CCN(c2ccccc2Cl)S(C)(=O)=O)CC1. The van der Waals surface area contributed by atoms with E-state index in [1.54, 1.807) is 34.1 Å². The highest BCUT2D eigenvalue weighted by Gasteiger charge is 2.25. The number of rotatable bonds is 5. The zero-order chi connectivity index (χ0) is 18.6.